The normalized spacial score (nSPS) is 14.7. The Morgan fingerprint density at radius 1 is 0.921 bits per heavy atom. The molecular formula is C30H31N5O3. The van der Waals surface area contributed by atoms with Crippen LogP contribution in [0.5, 0.6) is 0 Å². The van der Waals surface area contributed by atoms with Crippen LogP contribution in [0.4, 0.5) is 5.69 Å². The SMILES string of the molecule is CC(=O)c1ccc(N(C(=O)Cn2nnc3ccccc32)[C@@H](C(=O)NC2CCCCC2)c2ccccc2)cc1. The van der Waals surface area contributed by atoms with Crippen LogP contribution in [0.15, 0.2) is 78.9 Å². The third kappa shape index (κ3) is 5.49. The maximum Gasteiger partial charge on any atom is 0.249 e. The summed E-state index contributed by atoms with van der Waals surface area (Å²) >= 11 is 0. The summed E-state index contributed by atoms with van der Waals surface area (Å²) < 4.78 is 1.55. The highest BCUT2D eigenvalue weighted by molar-refractivity contribution is 6.02. The van der Waals surface area contributed by atoms with Gasteiger partial charge in [-0.25, -0.2) is 4.68 Å². The Balaban J connectivity index is 1.55. The first-order chi connectivity index (χ1) is 18.5. The Bertz CT molecular complexity index is 1430. The summed E-state index contributed by atoms with van der Waals surface area (Å²) in [6.45, 7) is 1.40. The Hall–Kier alpha value is -4.33. The van der Waals surface area contributed by atoms with Crippen molar-refractivity contribution in [3.05, 3.63) is 90.0 Å². The molecule has 1 aliphatic carbocycles. The van der Waals surface area contributed by atoms with E-state index in [1.54, 1.807) is 28.9 Å². The summed E-state index contributed by atoms with van der Waals surface area (Å²) in [6.07, 6.45) is 5.19. The highest BCUT2D eigenvalue weighted by atomic mass is 16.2. The van der Waals surface area contributed by atoms with Gasteiger partial charge in [0.05, 0.1) is 5.52 Å². The van der Waals surface area contributed by atoms with E-state index in [2.05, 4.69) is 15.6 Å². The summed E-state index contributed by atoms with van der Waals surface area (Å²) in [6, 6.07) is 22.8. The molecular weight excluding hydrogens is 478 g/mol. The van der Waals surface area contributed by atoms with Crippen LogP contribution in [0.1, 0.15) is 61.0 Å². The lowest BCUT2D eigenvalue weighted by atomic mass is 9.94. The van der Waals surface area contributed by atoms with Crippen molar-refractivity contribution in [2.45, 2.75) is 57.7 Å². The van der Waals surface area contributed by atoms with Crippen LogP contribution < -0.4 is 10.2 Å². The van der Waals surface area contributed by atoms with Gasteiger partial charge in [-0.3, -0.25) is 19.3 Å². The Morgan fingerprint density at radius 3 is 2.32 bits per heavy atom. The molecule has 1 fully saturated rings. The standard InChI is InChI=1S/C30H31N5O3/c1-21(36)22-16-18-25(19-17-22)35(28(37)20-34-27-15-9-8-14-26(27)32-33-34)29(23-10-4-2-5-11-23)30(38)31-24-12-6-3-7-13-24/h2,4-5,8-11,14-19,24,29H,3,6-7,12-13,20H2,1H3,(H,31,38)/t29-/m1/s1. The lowest BCUT2D eigenvalue weighted by Gasteiger charge is -2.33. The average molecular weight is 510 g/mol. The average Bonchev–Trinajstić information content (AvgIpc) is 3.35. The van der Waals surface area contributed by atoms with E-state index in [-0.39, 0.29) is 30.2 Å². The van der Waals surface area contributed by atoms with Gasteiger partial charge in [0.25, 0.3) is 0 Å². The zero-order valence-electron chi connectivity index (χ0n) is 21.4. The fraction of sp³-hybridized carbons (Fsp3) is 0.300. The fourth-order valence-electron chi connectivity index (χ4n) is 5.11. The molecule has 8 nitrogen and oxygen atoms in total. The highest BCUT2D eigenvalue weighted by Crippen LogP contribution is 2.30. The van der Waals surface area contributed by atoms with Crippen molar-refractivity contribution in [1.82, 2.24) is 20.3 Å². The molecule has 1 aliphatic rings. The summed E-state index contributed by atoms with van der Waals surface area (Å²) in [7, 11) is 0. The molecule has 194 valence electrons. The minimum absolute atomic E-state index is 0.0711. The number of Topliss-reactive ketones (excluding diaryl/α,β-unsaturated/α-hetero) is 1. The third-order valence-corrected chi connectivity index (χ3v) is 7.10. The molecule has 3 aromatic carbocycles. The second kappa shape index (κ2) is 11.4. The number of anilines is 1. The maximum atomic E-state index is 14.1. The van der Waals surface area contributed by atoms with Crippen LogP contribution in [0, 0.1) is 0 Å². The summed E-state index contributed by atoms with van der Waals surface area (Å²) in [5, 5.41) is 11.6. The molecule has 2 amide bonds. The monoisotopic (exact) mass is 509 g/mol. The van der Waals surface area contributed by atoms with Gasteiger partial charge in [-0.05, 0) is 61.7 Å². The molecule has 0 spiro atoms. The molecule has 1 N–H and O–H groups in total. The molecule has 38 heavy (non-hydrogen) atoms. The number of nitrogens with one attached hydrogen (secondary N) is 1. The van der Waals surface area contributed by atoms with Crippen LogP contribution in [0.2, 0.25) is 0 Å². The zero-order valence-corrected chi connectivity index (χ0v) is 21.4. The summed E-state index contributed by atoms with van der Waals surface area (Å²) in [5.74, 6) is -0.613. The molecule has 1 atom stereocenters. The minimum Gasteiger partial charge on any atom is -0.351 e. The van der Waals surface area contributed by atoms with Crippen LogP contribution >= 0.6 is 0 Å². The first-order valence-electron chi connectivity index (χ1n) is 13.1. The van der Waals surface area contributed by atoms with Gasteiger partial charge in [-0.2, -0.15) is 0 Å². The molecule has 0 aliphatic heterocycles. The number of amides is 2. The number of rotatable bonds is 8. The quantitative estimate of drug-likeness (QED) is 0.342. The predicted octanol–water partition coefficient (Wildman–Crippen LogP) is 4.86. The smallest absolute Gasteiger partial charge is 0.249 e. The van der Waals surface area contributed by atoms with Gasteiger partial charge in [0.15, 0.2) is 5.78 Å². The fourth-order valence-corrected chi connectivity index (χ4v) is 5.11. The second-order valence-electron chi connectivity index (χ2n) is 9.76. The molecule has 8 heteroatoms. The van der Waals surface area contributed by atoms with E-state index in [1.165, 1.54) is 18.2 Å². The van der Waals surface area contributed by atoms with Gasteiger partial charge in [0.2, 0.25) is 11.8 Å². The Labute approximate surface area is 221 Å². The molecule has 0 radical (unpaired) electrons. The van der Waals surface area contributed by atoms with Crippen molar-refractivity contribution in [1.29, 1.82) is 0 Å². The number of para-hydroxylation sites is 1. The predicted molar refractivity (Wildman–Crippen MR) is 146 cm³/mol. The van der Waals surface area contributed by atoms with E-state index in [0.29, 0.717) is 22.3 Å². The molecule has 1 aromatic heterocycles. The van der Waals surface area contributed by atoms with Crippen molar-refractivity contribution in [3.8, 4) is 0 Å². The lowest BCUT2D eigenvalue weighted by Crippen LogP contribution is -2.48. The van der Waals surface area contributed by atoms with Gasteiger partial charge < -0.3 is 5.32 Å². The van der Waals surface area contributed by atoms with Crippen LogP contribution in [-0.4, -0.2) is 38.6 Å². The van der Waals surface area contributed by atoms with Gasteiger partial charge in [-0.1, -0.05) is 66.9 Å². The van der Waals surface area contributed by atoms with Crippen molar-refractivity contribution in [2.75, 3.05) is 4.90 Å². The molecule has 1 heterocycles. The number of carbonyl (C=O) groups is 3. The van der Waals surface area contributed by atoms with Crippen LogP contribution in [-0.2, 0) is 16.1 Å². The lowest BCUT2D eigenvalue weighted by molar-refractivity contribution is -0.127. The Morgan fingerprint density at radius 2 is 1.61 bits per heavy atom. The molecule has 0 saturated heterocycles. The Kier molecular flexibility index (Phi) is 7.58. The van der Waals surface area contributed by atoms with E-state index in [9.17, 15) is 14.4 Å². The summed E-state index contributed by atoms with van der Waals surface area (Å²) in [5.41, 5.74) is 3.18. The number of aromatic nitrogens is 3. The van der Waals surface area contributed by atoms with Crippen LogP contribution in [0.3, 0.4) is 0 Å². The van der Waals surface area contributed by atoms with E-state index in [4.69, 9.17) is 0 Å². The number of benzene rings is 3. The van der Waals surface area contributed by atoms with Crippen molar-refractivity contribution in [2.24, 2.45) is 0 Å². The number of hydrogen-bond donors (Lipinski definition) is 1. The topological polar surface area (TPSA) is 97.2 Å². The van der Waals surface area contributed by atoms with Crippen molar-refractivity contribution >= 4 is 34.3 Å². The number of fused-ring (bicyclic) bond motifs is 1. The van der Waals surface area contributed by atoms with Gasteiger partial charge in [0.1, 0.15) is 18.1 Å². The van der Waals surface area contributed by atoms with Gasteiger partial charge in [0, 0.05) is 17.3 Å². The van der Waals surface area contributed by atoms with Crippen molar-refractivity contribution in [3.63, 3.8) is 0 Å². The molecule has 0 unspecified atom stereocenters. The minimum atomic E-state index is -0.899. The van der Waals surface area contributed by atoms with Gasteiger partial charge >= 0.3 is 0 Å². The maximum absolute atomic E-state index is 14.1. The number of ketones is 1. The number of carbonyl (C=O) groups excluding carboxylic acids is 3. The molecule has 1 saturated carbocycles. The van der Waals surface area contributed by atoms with Crippen molar-refractivity contribution < 1.29 is 14.4 Å². The number of hydrogen-bond acceptors (Lipinski definition) is 5. The third-order valence-electron chi connectivity index (χ3n) is 7.10. The zero-order chi connectivity index (χ0) is 26.5. The van der Waals surface area contributed by atoms with E-state index in [1.807, 2.05) is 54.6 Å². The second-order valence-corrected chi connectivity index (χ2v) is 9.76. The van der Waals surface area contributed by atoms with Gasteiger partial charge in [-0.15, -0.1) is 5.10 Å². The van der Waals surface area contributed by atoms with E-state index >= 15 is 0 Å². The first kappa shape index (κ1) is 25.3. The van der Waals surface area contributed by atoms with E-state index in [0.717, 1.165) is 31.2 Å². The van der Waals surface area contributed by atoms with Crippen LogP contribution in [0.25, 0.3) is 11.0 Å². The molecule has 0 bridgehead atoms. The molecule has 5 rings (SSSR count). The first-order valence-corrected chi connectivity index (χ1v) is 13.1. The molecule has 4 aromatic rings. The largest absolute Gasteiger partial charge is 0.351 e. The summed E-state index contributed by atoms with van der Waals surface area (Å²) in [4.78, 5) is 41.4. The highest BCUT2D eigenvalue weighted by Gasteiger charge is 2.34. The number of nitrogens with zero attached hydrogens (tertiary/aromatic N) is 4. The van der Waals surface area contributed by atoms with E-state index < -0.39 is 6.04 Å².